The number of benzene rings is 1. The van der Waals surface area contributed by atoms with Gasteiger partial charge in [0.2, 0.25) is 0 Å². The van der Waals surface area contributed by atoms with E-state index in [0.717, 1.165) is 12.1 Å². The molecule has 0 saturated heterocycles. The third-order valence-corrected chi connectivity index (χ3v) is 4.66. The smallest absolute Gasteiger partial charge is 0.426 e. The van der Waals surface area contributed by atoms with Crippen molar-refractivity contribution >= 4 is 23.3 Å². The maximum absolute atomic E-state index is 13.3. The lowest BCUT2D eigenvalue weighted by atomic mass is 10.0. The summed E-state index contributed by atoms with van der Waals surface area (Å²) >= 11 is -0.325. The van der Waals surface area contributed by atoms with Crippen LogP contribution in [0.2, 0.25) is 0 Å². The molecule has 1 aliphatic heterocycles. The Kier molecular flexibility index (Phi) is 4.74. The van der Waals surface area contributed by atoms with Gasteiger partial charge in [-0.2, -0.15) is 17.6 Å². The molecular formula is C17H11F4NO3S. The number of ether oxygens (including phenoxy) is 1. The van der Waals surface area contributed by atoms with E-state index < -0.39 is 22.9 Å². The zero-order chi connectivity index (χ0) is 18.9. The highest BCUT2D eigenvalue weighted by Gasteiger charge is 2.63. The lowest BCUT2D eigenvalue weighted by molar-refractivity contribution is -0.273. The van der Waals surface area contributed by atoms with E-state index in [1.807, 2.05) is 0 Å². The SMILES string of the molecule is O=C(CCC(=O)c1ccccn1)c1ccc2c(c1)OC(F)(F)C(F)(F)S2. The minimum Gasteiger partial charge on any atom is -0.426 e. The number of pyridine rings is 1. The van der Waals surface area contributed by atoms with Crippen LogP contribution in [0.25, 0.3) is 0 Å². The molecule has 0 fully saturated rings. The first-order valence-corrected chi connectivity index (χ1v) is 8.26. The maximum atomic E-state index is 13.3. The van der Waals surface area contributed by atoms with Gasteiger partial charge in [-0.3, -0.25) is 14.6 Å². The standard InChI is InChI=1S/C17H11F4NO3S/c18-16(19)17(20,21)26-15-7-4-10(9-14(15)25-16)12(23)5-6-13(24)11-3-1-2-8-22-11/h1-4,7-9H,5-6H2. The average Bonchev–Trinajstić information content (AvgIpc) is 2.60. The van der Waals surface area contributed by atoms with Gasteiger partial charge >= 0.3 is 11.4 Å². The number of carbonyl (C=O) groups excluding carboxylic acids is 2. The molecule has 26 heavy (non-hydrogen) atoms. The summed E-state index contributed by atoms with van der Waals surface area (Å²) in [7, 11) is 0. The van der Waals surface area contributed by atoms with E-state index in [9.17, 15) is 27.2 Å². The molecule has 0 saturated carbocycles. The van der Waals surface area contributed by atoms with Gasteiger partial charge in [0, 0.05) is 24.6 Å². The van der Waals surface area contributed by atoms with Gasteiger partial charge in [0.1, 0.15) is 11.4 Å². The van der Waals surface area contributed by atoms with Gasteiger partial charge in [-0.1, -0.05) is 12.1 Å². The monoisotopic (exact) mass is 385 g/mol. The highest BCUT2D eigenvalue weighted by Crippen LogP contribution is 2.54. The van der Waals surface area contributed by atoms with Crippen molar-refractivity contribution in [2.75, 3.05) is 0 Å². The molecule has 0 N–H and O–H groups in total. The molecule has 1 aromatic carbocycles. The first-order chi connectivity index (χ1) is 12.2. The van der Waals surface area contributed by atoms with Gasteiger partial charge in [0.25, 0.3) is 0 Å². The van der Waals surface area contributed by atoms with Crippen LogP contribution in [-0.4, -0.2) is 27.9 Å². The van der Waals surface area contributed by atoms with Crippen LogP contribution in [0.4, 0.5) is 17.6 Å². The number of hydrogen-bond acceptors (Lipinski definition) is 5. The number of Topliss-reactive ketones (excluding diaryl/α,β-unsaturated/α-hetero) is 2. The van der Waals surface area contributed by atoms with E-state index in [0.29, 0.717) is 0 Å². The van der Waals surface area contributed by atoms with Crippen molar-refractivity contribution in [2.24, 2.45) is 0 Å². The molecule has 3 rings (SSSR count). The van der Waals surface area contributed by atoms with E-state index in [1.165, 1.54) is 18.3 Å². The van der Waals surface area contributed by atoms with Crippen LogP contribution < -0.4 is 4.74 Å². The van der Waals surface area contributed by atoms with E-state index in [-0.39, 0.29) is 46.5 Å². The first-order valence-electron chi connectivity index (χ1n) is 7.45. The first kappa shape index (κ1) is 18.4. The van der Waals surface area contributed by atoms with Crippen LogP contribution >= 0.6 is 11.8 Å². The maximum Gasteiger partial charge on any atom is 0.475 e. The Balaban J connectivity index is 1.71. The van der Waals surface area contributed by atoms with Crippen molar-refractivity contribution in [2.45, 2.75) is 29.1 Å². The molecule has 0 bridgehead atoms. The van der Waals surface area contributed by atoms with Gasteiger partial charge < -0.3 is 4.74 Å². The lowest BCUT2D eigenvalue weighted by Gasteiger charge is -2.31. The number of fused-ring (bicyclic) bond motifs is 1. The molecule has 136 valence electrons. The number of aromatic nitrogens is 1. The van der Waals surface area contributed by atoms with E-state index in [2.05, 4.69) is 9.72 Å². The minimum atomic E-state index is -4.68. The minimum absolute atomic E-state index is 0.000753. The quantitative estimate of drug-likeness (QED) is 0.556. The van der Waals surface area contributed by atoms with Crippen LogP contribution in [0.1, 0.15) is 33.7 Å². The third kappa shape index (κ3) is 3.57. The molecule has 9 heteroatoms. The summed E-state index contributed by atoms with van der Waals surface area (Å²) < 4.78 is 57.2. The summed E-state index contributed by atoms with van der Waals surface area (Å²) in [6, 6.07) is 8.14. The summed E-state index contributed by atoms with van der Waals surface area (Å²) in [5, 5.41) is -4.40. The summed E-state index contributed by atoms with van der Waals surface area (Å²) in [6.07, 6.45) is -3.52. The Labute approximate surface area is 149 Å². The van der Waals surface area contributed by atoms with Crippen molar-refractivity contribution in [1.29, 1.82) is 0 Å². The van der Waals surface area contributed by atoms with Crippen LogP contribution in [0.3, 0.4) is 0 Å². The Hall–Kier alpha value is -2.42. The van der Waals surface area contributed by atoms with Crippen molar-refractivity contribution < 1.29 is 31.9 Å². The summed E-state index contributed by atoms with van der Waals surface area (Å²) in [5.41, 5.74) is 0.214. The molecule has 0 amide bonds. The number of hydrogen-bond donors (Lipinski definition) is 0. The molecule has 0 aliphatic carbocycles. The molecule has 1 aliphatic rings. The van der Waals surface area contributed by atoms with E-state index >= 15 is 0 Å². The molecule has 2 aromatic rings. The number of thioether (sulfide) groups is 1. The number of carbonyl (C=O) groups is 2. The second-order valence-corrected chi connectivity index (χ2v) is 6.62. The predicted octanol–water partition coefficient (Wildman–Crippen LogP) is 4.60. The average molecular weight is 385 g/mol. The molecule has 0 radical (unpaired) electrons. The molecular weight excluding hydrogens is 374 g/mol. The fraction of sp³-hybridized carbons (Fsp3) is 0.235. The van der Waals surface area contributed by atoms with Gasteiger partial charge in [0.15, 0.2) is 11.6 Å². The van der Waals surface area contributed by atoms with E-state index in [4.69, 9.17) is 0 Å². The van der Waals surface area contributed by atoms with Crippen LogP contribution in [-0.2, 0) is 0 Å². The fourth-order valence-electron chi connectivity index (χ4n) is 2.27. The number of ketones is 2. The zero-order valence-corrected chi connectivity index (χ0v) is 13.9. The van der Waals surface area contributed by atoms with E-state index in [1.54, 1.807) is 12.1 Å². The van der Waals surface area contributed by atoms with Crippen molar-refractivity contribution in [3.63, 3.8) is 0 Å². The Morgan fingerprint density at radius 1 is 1.04 bits per heavy atom. The second kappa shape index (κ2) is 6.71. The molecule has 0 spiro atoms. The number of halogens is 4. The summed E-state index contributed by atoms with van der Waals surface area (Å²) in [4.78, 5) is 27.8. The molecule has 4 nitrogen and oxygen atoms in total. The zero-order valence-electron chi connectivity index (χ0n) is 13.0. The lowest BCUT2D eigenvalue weighted by Crippen LogP contribution is -2.45. The summed E-state index contributed by atoms with van der Waals surface area (Å²) in [5.74, 6) is -1.32. The predicted molar refractivity (Wildman–Crippen MR) is 85.0 cm³/mol. The Morgan fingerprint density at radius 3 is 2.46 bits per heavy atom. The van der Waals surface area contributed by atoms with Crippen molar-refractivity contribution in [3.8, 4) is 5.75 Å². The molecule has 0 atom stereocenters. The van der Waals surface area contributed by atoms with Crippen molar-refractivity contribution in [1.82, 2.24) is 4.98 Å². The van der Waals surface area contributed by atoms with Crippen molar-refractivity contribution in [3.05, 3.63) is 53.9 Å². The number of nitrogens with zero attached hydrogens (tertiary/aromatic N) is 1. The fourth-order valence-corrected chi connectivity index (χ4v) is 3.04. The second-order valence-electron chi connectivity index (χ2n) is 5.46. The van der Waals surface area contributed by atoms with Gasteiger partial charge in [0.05, 0.1) is 4.90 Å². The highest BCUT2D eigenvalue weighted by molar-refractivity contribution is 8.00. The van der Waals surface area contributed by atoms with Gasteiger partial charge in [-0.05, 0) is 36.0 Å². The normalized spacial score (nSPS) is 17.1. The molecule has 2 heterocycles. The van der Waals surface area contributed by atoms with Gasteiger partial charge in [-0.25, -0.2) is 0 Å². The highest BCUT2D eigenvalue weighted by atomic mass is 32.2. The molecule has 0 unspecified atom stereocenters. The number of rotatable bonds is 5. The van der Waals surface area contributed by atoms with Crippen LogP contribution in [0.5, 0.6) is 5.75 Å². The van der Waals surface area contributed by atoms with Crippen LogP contribution in [0.15, 0.2) is 47.5 Å². The Morgan fingerprint density at radius 2 is 1.77 bits per heavy atom. The third-order valence-electron chi connectivity index (χ3n) is 3.61. The Bertz CT molecular complexity index is 858. The molecule has 1 aromatic heterocycles. The van der Waals surface area contributed by atoms with Crippen LogP contribution in [0, 0.1) is 0 Å². The van der Waals surface area contributed by atoms with Gasteiger partial charge in [-0.15, -0.1) is 0 Å². The summed E-state index contributed by atoms with van der Waals surface area (Å²) in [6.45, 7) is 0. The largest absolute Gasteiger partial charge is 0.475 e. The number of alkyl halides is 4. The topological polar surface area (TPSA) is 56.3 Å².